The predicted octanol–water partition coefficient (Wildman–Crippen LogP) is 3.69. The van der Waals surface area contributed by atoms with E-state index in [0.29, 0.717) is 12.5 Å². The number of rotatable bonds is 7. The monoisotopic (exact) mass is 236 g/mol. The van der Waals surface area contributed by atoms with Crippen molar-refractivity contribution < 1.29 is 9.84 Å². The molecule has 1 rings (SSSR count). The fourth-order valence-corrected chi connectivity index (χ4v) is 2.26. The van der Waals surface area contributed by atoms with Gasteiger partial charge in [-0.15, -0.1) is 0 Å². The molecule has 1 aromatic rings. The van der Waals surface area contributed by atoms with Crippen molar-refractivity contribution in [3.8, 4) is 0 Å². The first-order valence-electron chi connectivity index (χ1n) is 6.43. The van der Waals surface area contributed by atoms with Crippen LogP contribution in [0.5, 0.6) is 0 Å². The van der Waals surface area contributed by atoms with Gasteiger partial charge in [-0.3, -0.25) is 0 Å². The standard InChI is InChI=1S/C15H24O2/c1-4-7-12(2)10-15(16)14-9-6-5-8-13(14)11-17-3/h5-6,8-9,12,15-16H,4,7,10-11H2,1-3H3. The molecule has 0 saturated carbocycles. The highest BCUT2D eigenvalue weighted by molar-refractivity contribution is 5.28. The van der Waals surface area contributed by atoms with Crippen LogP contribution < -0.4 is 0 Å². The first kappa shape index (κ1) is 14.2. The van der Waals surface area contributed by atoms with Crippen LogP contribution in [0.1, 0.15) is 50.3 Å². The molecule has 0 saturated heterocycles. The summed E-state index contributed by atoms with van der Waals surface area (Å²) in [5, 5.41) is 10.3. The quantitative estimate of drug-likeness (QED) is 0.782. The second kappa shape index (κ2) is 7.46. The Bertz CT molecular complexity index is 322. The largest absolute Gasteiger partial charge is 0.388 e. The molecule has 2 nitrogen and oxygen atoms in total. The highest BCUT2D eigenvalue weighted by Crippen LogP contribution is 2.26. The average molecular weight is 236 g/mol. The maximum absolute atomic E-state index is 10.3. The number of methoxy groups -OCH3 is 1. The summed E-state index contributed by atoms with van der Waals surface area (Å²) >= 11 is 0. The Morgan fingerprint density at radius 1 is 1.29 bits per heavy atom. The average Bonchev–Trinajstić information content (AvgIpc) is 2.30. The maximum Gasteiger partial charge on any atom is 0.0796 e. The highest BCUT2D eigenvalue weighted by atomic mass is 16.5. The minimum atomic E-state index is -0.372. The molecule has 1 aromatic carbocycles. The molecule has 2 unspecified atom stereocenters. The van der Waals surface area contributed by atoms with Crippen molar-refractivity contribution >= 4 is 0 Å². The van der Waals surface area contributed by atoms with Crippen molar-refractivity contribution in [3.05, 3.63) is 35.4 Å². The van der Waals surface area contributed by atoms with Crippen LogP contribution in [0, 0.1) is 5.92 Å². The van der Waals surface area contributed by atoms with Crippen LogP contribution in [-0.2, 0) is 11.3 Å². The second-order valence-electron chi connectivity index (χ2n) is 4.78. The molecule has 2 heteroatoms. The van der Waals surface area contributed by atoms with E-state index < -0.39 is 0 Å². The van der Waals surface area contributed by atoms with E-state index in [1.165, 1.54) is 12.8 Å². The van der Waals surface area contributed by atoms with E-state index in [-0.39, 0.29) is 6.10 Å². The van der Waals surface area contributed by atoms with Gasteiger partial charge in [0.2, 0.25) is 0 Å². The van der Waals surface area contributed by atoms with Gasteiger partial charge in [-0.1, -0.05) is 51.0 Å². The molecule has 17 heavy (non-hydrogen) atoms. The van der Waals surface area contributed by atoms with Crippen LogP contribution in [0.2, 0.25) is 0 Å². The number of ether oxygens (including phenoxy) is 1. The number of hydrogen-bond donors (Lipinski definition) is 1. The first-order valence-corrected chi connectivity index (χ1v) is 6.43. The van der Waals surface area contributed by atoms with E-state index >= 15 is 0 Å². The Labute approximate surface area is 105 Å². The van der Waals surface area contributed by atoms with Gasteiger partial charge in [-0.05, 0) is 23.5 Å². The zero-order chi connectivity index (χ0) is 12.7. The lowest BCUT2D eigenvalue weighted by atomic mass is 9.93. The van der Waals surface area contributed by atoms with E-state index in [2.05, 4.69) is 13.8 Å². The molecular formula is C15H24O2. The molecule has 0 spiro atoms. The van der Waals surface area contributed by atoms with Crippen LogP contribution in [0.4, 0.5) is 0 Å². The van der Waals surface area contributed by atoms with Crippen LogP contribution in [0.25, 0.3) is 0 Å². The molecule has 2 atom stereocenters. The lowest BCUT2D eigenvalue weighted by Gasteiger charge is -2.18. The maximum atomic E-state index is 10.3. The van der Waals surface area contributed by atoms with Gasteiger partial charge in [0.05, 0.1) is 12.7 Å². The van der Waals surface area contributed by atoms with Crippen LogP contribution in [-0.4, -0.2) is 12.2 Å². The van der Waals surface area contributed by atoms with E-state index in [0.717, 1.165) is 17.5 Å². The molecule has 0 radical (unpaired) electrons. The van der Waals surface area contributed by atoms with Gasteiger partial charge in [0.1, 0.15) is 0 Å². The van der Waals surface area contributed by atoms with E-state index in [1.54, 1.807) is 7.11 Å². The molecule has 0 bridgehead atoms. The number of aliphatic hydroxyl groups excluding tert-OH is 1. The van der Waals surface area contributed by atoms with Crippen LogP contribution in [0.3, 0.4) is 0 Å². The zero-order valence-electron chi connectivity index (χ0n) is 11.1. The Morgan fingerprint density at radius 3 is 2.65 bits per heavy atom. The Hall–Kier alpha value is -0.860. The van der Waals surface area contributed by atoms with Crippen molar-refractivity contribution in [2.24, 2.45) is 5.92 Å². The molecule has 0 amide bonds. The smallest absolute Gasteiger partial charge is 0.0796 e. The van der Waals surface area contributed by atoms with Crippen molar-refractivity contribution in [2.45, 2.75) is 45.8 Å². The molecule has 0 fully saturated rings. The van der Waals surface area contributed by atoms with Gasteiger partial charge in [0.15, 0.2) is 0 Å². The fourth-order valence-electron chi connectivity index (χ4n) is 2.26. The highest BCUT2D eigenvalue weighted by Gasteiger charge is 2.14. The molecule has 96 valence electrons. The fraction of sp³-hybridized carbons (Fsp3) is 0.600. The molecular weight excluding hydrogens is 212 g/mol. The summed E-state index contributed by atoms with van der Waals surface area (Å²) in [5.41, 5.74) is 2.10. The number of hydrogen-bond acceptors (Lipinski definition) is 2. The first-order chi connectivity index (χ1) is 8.19. The summed E-state index contributed by atoms with van der Waals surface area (Å²) in [6.07, 6.45) is 2.80. The van der Waals surface area contributed by atoms with Gasteiger partial charge in [0.25, 0.3) is 0 Å². The van der Waals surface area contributed by atoms with Crippen LogP contribution >= 0.6 is 0 Å². The normalized spacial score (nSPS) is 14.6. The van der Waals surface area contributed by atoms with Crippen molar-refractivity contribution in [1.29, 1.82) is 0 Å². The lowest BCUT2D eigenvalue weighted by molar-refractivity contribution is 0.137. The topological polar surface area (TPSA) is 29.5 Å². The third kappa shape index (κ3) is 4.49. The third-order valence-corrected chi connectivity index (χ3v) is 3.12. The Morgan fingerprint density at radius 2 is 2.00 bits per heavy atom. The number of aliphatic hydroxyl groups is 1. The Balaban J connectivity index is 2.70. The van der Waals surface area contributed by atoms with E-state index in [4.69, 9.17) is 4.74 Å². The molecule has 0 aromatic heterocycles. The van der Waals surface area contributed by atoms with E-state index in [1.807, 2.05) is 24.3 Å². The van der Waals surface area contributed by atoms with Crippen molar-refractivity contribution in [3.63, 3.8) is 0 Å². The summed E-state index contributed by atoms with van der Waals surface area (Å²) < 4.78 is 5.16. The summed E-state index contributed by atoms with van der Waals surface area (Å²) in [6, 6.07) is 7.98. The molecule has 0 heterocycles. The summed E-state index contributed by atoms with van der Waals surface area (Å²) in [5.74, 6) is 0.561. The van der Waals surface area contributed by atoms with Gasteiger partial charge < -0.3 is 9.84 Å². The van der Waals surface area contributed by atoms with Crippen molar-refractivity contribution in [1.82, 2.24) is 0 Å². The minimum Gasteiger partial charge on any atom is -0.388 e. The summed E-state index contributed by atoms with van der Waals surface area (Å²) in [7, 11) is 1.68. The predicted molar refractivity (Wildman–Crippen MR) is 70.8 cm³/mol. The second-order valence-corrected chi connectivity index (χ2v) is 4.78. The van der Waals surface area contributed by atoms with Crippen LogP contribution in [0.15, 0.2) is 24.3 Å². The van der Waals surface area contributed by atoms with Gasteiger partial charge in [-0.2, -0.15) is 0 Å². The van der Waals surface area contributed by atoms with Gasteiger partial charge in [0, 0.05) is 7.11 Å². The Kier molecular flexibility index (Phi) is 6.23. The minimum absolute atomic E-state index is 0.372. The summed E-state index contributed by atoms with van der Waals surface area (Å²) in [6.45, 7) is 4.95. The summed E-state index contributed by atoms with van der Waals surface area (Å²) in [4.78, 5) is 0. The molecule has 0 aliphatic rings. The SMILES string of the molecule is CCCC(C)CC(O)c1ccccc1COC. The van der Waals surface area contributed by atoms with E-state index in [9.17, 15) is 5.11 Å². The van der Waals surface area contributed by atoms with Gasteiger partial charge in [-0.25, -0.2) is 0 Å². The van der Waals surface area contributed by atoms with Crippen molar-refractivity contribution in [2.75, 3.05) is 7.11 Å². The lowest BCUT2D eigenvalue weighted by Crippen LogP contribution is -2.07. The number of benzene rings is 1. The molecule has 0 aliphatic heterocycles. The van der Waals surface area contributed by atoms with Gasteiger partial charge >= 0.3 is 0 Å². The zero-order valence-corrected chi connectivity index (χ0v) is 11.1. The molecule has 1 N–H and O–H groups in total. The molecule has 0 aliphatic carbocycles. The third-order valence-electron chi connectivity index (χ3n) is 3.12.